The van der Waals surface area contributed by atoms with Crippen LogP contribution in [0.1, 0.15) is 21.9 Å². The highest BCUT2D eigenvalue weighted by molar-refractivity contribution is 9.10. The molecule has 3 heterocycles. The Hall–Kier alpha value is -2.32. The largest absolute Gasteiger partial charge is 0.368 e. The summed E-state index contributed by atoms with van der Waals surface area (Å²) >= 11 is 5.24. The molecule has 6 nitrogen and oxygen atoms in total. The third kappa shape index (κ3) is 3.42. The molecule has 0 radical (unpaired) electrons. The smallest absolute Gasteiger partial charge is 0.240 e. The van der Waals surface area contributed by atoms with E-state index in [1.54, 1.807) is 22.6 Å². The van der Waals surface area contributed by atoms with Crippen LogP contribution in [0, 0.1) is 6.92 Å². The van der Waals surface area contributed by atoms with Crippen molar-refractivity contribution in [2.45, 2.75) is 18.2 Å². The molecule has 144 valence electrons. The van der Waals surface area contributed by atoms with E-state index in [1.807, 2.05) is 31.3 Å². The van der Waals surface area contributed by atoms with E-state index in [9.17, 15) is 4.79 Å². The number of hydrogen-bond acceptors (Lipinski definition) is 5. The number of pyridine rings is 1. The highest BCUT2D eigenvalue weighted by atomic mass is 79.9. The predicted molar refractivity (Wildman–Crippen MR) is 116 cm³/mol. The van der Waals surface area contributed by atoms with Crippen molar-refractivity contribution in [1.29, 1.82) is 0 Å². The molecule has 0 unspecified atom stereocenters. The van der Waals surface area contributed by atoms with Crippen LogP contribution in [-0.2, 0) is 11.8 Å². The molecule has 0 saturated heterocycles. The third-order valence-corrected chi connectivity index (χ3v) is 6.69. The van der Waals surface area contributed by atoms with Gasteiger partial charge in [0.1, 0.15) is 17.6 Å². The Kier molecular flexibility index (Phi) is 5.16. The minimum atomic E-state index is -0.462. The number of fused-ring (bicyclic) bond motifs is 1. The average Bonchev–Trinajstić information content (AvgIpc) is 2.86. The quantitative estimate of drug-likeness (QED) is 0.626. The van der Waals surface area contributed by atoms with E-state index in [1.165, 1.54) is 11.1 Å². The van der Waals surface area contributed by atoms with Gasteiger partial charge in [-0.1, -0.05) is 28.1 Å². The van der Waals surface area contributed by atoms with Gasteiger partial charge < -0.3 is 11.1 Å². The Labute approximate surface area is 176 Å². The molecular formula is C20H20BrN5OS. The zero-order valence-electron chi connectivity index (χ0n) is 15.5. The molecule has 2 atom stereocenters. The summed E-state index contributed by atoms with van der Waals surface area (Å²) in [4.78, 5) is 16.5. The number of nitrogens with two attached hydrogens (primary N) is 1. The lowest BCUT2D eigenvalue weighted by molar-refractivity contribution is -0.118. The summed E-state index contributed by atoms with van der Waals surface area (Å²) in [6.45, 7) is 2.10. The maximum absolute atomic E-state index is 12.0. The van der Waals surface area contributed by atoms with Crippen LogP contribution in [0.3, 0.4) is 0 Å². The van der Waals surface area contributed by atoms with E-state index < -0.39 is 6.04 Å². The van der Waals surface area contributed by atoms with Crippen molar-refractivity contribution >= 4 is 39.4 Å². The molecule has 3 N–H and O–H groups in total. The second kappa shape index (κ2) is 7.60. The first-order valence-electron chi connectivity index (χ1n) is 8.87. The number of nitrogens with zero attached hydrogens (tertiary/aromatic N) is 3. The van der Waals surface area contributed by atoms with Crippen LogP contribution in [0.5, 0.6) is 0 Å². The van der Waals surface area contributed by atoms with Crippen LogP contribution < -0.4 is 11.1 Å². The summed E-state index contributed by atoms with van der Waals surface area (Å²) in [5, 5.41) is 8.06. The minimum Gasteiger partial charge on any atom is -0.368 e. The highest BCUT2D eigenvalue weighted by Gasteiger charge is 2.34. The second-order valence-electron chi connectivity index (χ2n) is 6.76. The Morgan fingerprint density at radius 3 is 2.86 bits per heavy atom. The van der Waals surface area contributed by atoms with Gasteiger partial charge in [0, 0.05) is 29.0 Å². The molecule has 28 heavy (non-hydrogen) atoms. The van der Waals surface area contributed by atoms with Gasteiger partial charge in [-0.3, -0.25) is 14.5 Å². The average molecular weight is 458 g/mol. The summed E-state index contributed by atoms with van der Waals surface area (Å²) in [5.74, 6) is 1.01. The van der Waals surface area contributed by atoms with Gasteiger partial charge in [0.05, 0.1) is 10.9 Å². The number of amides is 1. The number of thioether (sulfide) groups is 1. The van der Waals surface area contributed by atoms with Gasteiger partial charge in [0.2, 0.25) is 5.91 Å². The van der Waals surface area contributed by atoms with Crippen LogP contribution >= 0.6 is 27.7 Å². The fourth-order valence-corrected chi connectivity index (χ4v) is 5.41. The van der Waals surface area contributed by atoms with Crippen molar-refractivity contribution in [3.05, 3.63) is 63.8 Å². The Bertz CT molecular complexity index is 1040. The standard InChI is InChI=1S/C20H20BrN5OS/c1-11-9-12(21)6-7-13(11)18-16-17(14-5-3-4-8-23-14)25-26(2)20(16)24-15(10-28-18)19(22)27/h3-9,15,18,24H,10H2,1-2H3,(H2,22,27)/t15-,18-/m1/s1. The molecule has 0 saturated carbocycles. The van der Waals surface area contributed by atoms with Crippen molar-refractivity contribution in [3.63, 3.8) is 0 Å². The van der Waals surface area contributed by atoms with Gasteiger partial charge >= 0.3 is 0 Å². The molecule has 0 fully saturated rings. The van der Waals surface area contributed by atoms with Gasteiger partial charge in [-0.05, 0) is 42.3 Å². The van der Waals surface area contributed by atoms with Gasteiger partial charge in [-0.15, -0.1) is 11.8 Å². The maximum Gasteiger partial charge on any atom is 0.240 e. The molecule has 1 aliphatic rings. The number of carbonyl (C=O) groups excluding carboxylic acids is 1. The van der Waals surface area contributed by atoms with E-state index in [0.717, 1.165) is 27.2 Å². The Morgan fingerprint density at radius 1 is 1.36 bits per heavy atom. The lowest BCUT2D eigenvalue weighted by atomic mass is 9.98. The monoisotopic (exact) mass is 457 g/mol. The van der Waals surface area contributed by atoms with Gasteiger partial charge in [-0.25, -0.2) is 0 Å². The van der Waals surface area contributed by atoms with Gasteiger partial charge in [0.25, 0.3) is 0 Å². The first-order valence-corrected chi connectivity index (χ1v) is 10.7. The summed E-state index contributed by atoms with van der Waals surface area (Å²) < 4.78 is 2.82. The van der Waals surface area contributed by atoms with Crippen molar-refractivity contribution in [2.75, 3.05) is 11.1 Å². The number of anilines is 1. The molecule has 1 aromatic carbocycles. The molecule has 0 bridgehead atoms. The number of rotatable bonds is 3. The SMILES string of the molecule is Cc1cc(Br)ccc1[C@H]1SC[C@H](C(N)=O)Nc2c1c(-c1ccccn1)nn2C. The zero-order chi connectivity index (χ0) is 19.8. The van der Waals surface area contributed by atoms with E-state index >= 15 is 0 Å². The number of aromatic nitrogens is 3. The van der Waals surface area contributed by atoms with E-state index in [2.05, 4.69) is 45.3 Å². The summed E-state index contributed by atoms with van der Waals surface area (Å²) in [6, 6.07) is 11.6. The summed E-state index contributed by atoms with van der Waals surface area (Å²) in [5.41, 5.74) is 10.6. The summed E-state index contributed by atoms with van der Waals surface area (Å²) in [6.07, 6.45) is 1.76. The molecule has 4 rings (SSSR count). The number of hydrogen-bond donors (Lipinski definition) is 2. The molecule has 3 aromatic rings. The van der Waals surface area contributed by atoms with Crippen molar-refractivity contribution < 1.29 is 4.79 Å². The highest BCUT2D eigenvalue weighted by Crippen LogP contribution is 2.47. The predicted octanol–water partition coefficient (Wildman–Crippen LogP) is 3.66. The van der Waals surface area contributed by atoms with Crippen LogP contribution in [0.25, 0.3) is 11.4 Å². The minimum absolute atomic E-state index is 0.00524. The molecule has 1 aliphatic heterocycles. The Balaban J connectivity index is 1.93. The topological polar surface area (TPSA) is 85.8 Å². The second-order valence-corrected chi connectivity index (χ2v) is 8.82. The number of nitrogens with one attached hydrogen (secondary N) is 1. The fraction of sp³-hybridized carbons (Fsp3) is 0.250. The lowest BCUT2D eigenvalue weighted by Gasteiger charge is -2.19. The van der Waals surface area contributed by atoms with Crippen LogP contribution in [0.2, 0.25) is 0 Å². The molecular weight excluding hydrogens is 438 g/mol. The third-order valence-electron chi connectivity index (χ3n) is 4.85. The van der Waals surface area contributed by atoms with E-state index in [-0.39, 0.29) is 11.2 Å². The number of aryl methyl sites for hydroxylation is 2. The first-order chi connectivity index (χ1) is 13.5. The number of carbonyl (C=O) groups is 1. The van der Waals surface area contributed by atoms with E-state index in [0.29, 0.717) is 5.75 Å². The first kappa shape index (κ1) is 19.0. The normalized spacial score (nSPS) is 18.8. The molecule has 0 aliphatic carbocycles. The molecule has 8 heteroatoms. The number of halogens is 1. The molecule has 1 amide bonds. The summed E-state index contributed by atoms with van der Waals surface area (Å²) in [7, 11) is 1.87. The zero-order valence-corrected chi connectivity index (χ0v) is 17.9. The van der Waals surface area contributed by atoms with E-state index in [4.69, 9.17) is 10.8 Å². The maximum atomic E-state index is 12.0. The van der Waals surface area contributed by atoms with Crippen molar-refractivity contribution in [3.8, 4) is 11.4 Å². The number of primary amides is 1. The number of benzene rings is 1. The fourth-order valence-electron chi connectivity index (χ4n) is 3.47. The lowest BCUT2D eigenvalue weighted by Crippen LogP contribution is -2.37. The Morgan fingerprint density at radius 2 is 2.18 bits per heavy atom. The van der Waals surface area contributed by atoms with Gasteiger partial charge in [-0.2, -0.15) is 5.10 Å². The molecule has 2 aromatic heterocycles. The van der Waals surface area contributed by atoms with Crippen molar-refractivity contribution in [1.82, 2.24) is 14.8 Å². The molecule has 0 spiro atoms. The van der Waals surface area contributed by atoms with Gasteiger partial charge in [0.15, 0.2) is 0 Å². The van der Waals surface area contributed by atoms with Crippen molar-refractivity contribution in [2.24, 2.45) is 12.8 Å². The van der Waals surface area contributed by atoms with Crippen LogP contribution in [0.15, 0.2) is 47.1 Å². The van der Waals surface area contributed by atoms with Crippen LogP contribution in [-0.4, -0.2) is 32.5 Å². The van der Waals surface area contributed by atoms with Crippen LogP contribution in [0.4, 0.5) is 5.82 Å².